The molecule has 0 amide bonds. The average Bonchev–Trinajstić information content (AvgIpc) is 3.19. The van der Waals surface area contributed by atoms with Crippen LogP contribution in [0.5, 0.6) is 0 Å². The monoisotopic (exact) mass is 869 g/mol. The maximum atomic E-state index is 14.0. The van der Waals surface area contributed by atoms with Crippen molar-refractivity contribution in [1.29, 1.82) is 0 Å². The Morgan fingerprint density at radius 2 is 1.44 bits per heavy atom. The van der Waals surface area contributed by atoms with Crippen LogP contribution < -0.4 is 0 Å². The van der Waals surface area contributed by atoms with Crippen LogP contribution in [0.15, 0.2) is 23.8 Å². The van der Waals surface area contributed by atoms with Gasteiger partial charge in [-0.25, -0.2) is 0 Å². The van der Waals surface area contributed by atoms with Crippen molar-refractivity contribution >= 4 is 11.8 Å². The zero-order valence-corrected chi connectivity index (χ0v) is 38.9. The second-order valence-electron chi connectivity index (χ2n) is 18.9. The average molecular weight is 869 g/mol. The van der Waals surface area contributed by atoms with Gasteiger partial charge in [-0.1, -0.05) is 52.3 Å². The molecule has 4 aliphatic rings. The summed E-state index contributed by atoms with van der Waals surface area (Å²) in [6, 6.07) is -0.684. The fraction of sp³-hybridized carbons (Fsp3) is 0.870. The molecule has 3 fully saturated rings. The Kier molecular flexibility index (Phi) is 20.3. The summed E-state index contributed by atoms with van der Waals surface area (Å²) in [7, 11) is 6.54. The fourth-order valence-electron chi connectivity index (χ4n) is 10.0. The molecule has 15 nitrogen and oxygen atoms in total. The molecule has 10 unspecified atom stereocenters. The van der Waals surface area contributed by atoms with E-state index in [1.165, 1.54) is 20.6 Å². The smallest absolute Gasteiger partial charge is 0.308 e. The second kappa shape index (κ2) is 23.9. The Hall–Kier alpha value is -1.86. The van der Waals surface area contributed by atoms with E-state index in [1.54, 1.807) is 45.0 Å². The van der Waals surface area contributed by atoms with Crippen molar-refractivity contribution in [1.82, 2.24) is 9.80 Å². The molecule has 19 atom stereocenters. The molecule has 0 aromatic rings. The molecule has 4 N–H and O–H groups in total. The molecule has 4 heterocycles. The summed E-state index contributed by atoms with van der Waals surface area (Å²) in [6.45, 7) is 18.2. The normalized spacial score (nSPS) is 43.0. The molecule has 0 saturated carbocycles. The van der Waals surface area contributed by atoms with Crippen molar-refractivity contribution in [3.63, 3.8) is 0 Å². The Balaban J connectivity index is 1.68. The van der Waals surface area contributed by atoms with Gasteiger partial charge in [0.05, 0.1) is 49.6 Å². The Morgan fingerprint density at radius 3 is 2.05 bits per heavy atom. The van der Waals surface area contributed by atoms with E-state index in [0.717, 1.165) is 25.2 Å². The predicted octanol–water partition coefficient (Wildman–Crippen LogP) is 3.34. The largest absolute Gasteiger partial charge is 0.462 e. The van der Waals surface area contributed by atoms with Crippen molar-refractivity contribution in [2.75, 3.05) is 54.6 Å². The summed E-state index contributed by atoms with van der Waals surface area (Å²) < 4.78 is 42.6. The van der Waals surface area contributed by atoms with E-state index in [9.17, 15) is 30.0 Å². The molecule has 0 aliphatic carbocycles. The van der Waals surface area contributed by atoms with Gasteiger partial charge in [0.1, 0.15) is 30.5 Å². The molecule has 0 bridgehead atoms. The lowest BCUT2D eigenvalue weighted by Gasteiger charge is -2.47. The van der Waals surface area contributed by atoms with Crippen LogP contribution in [0.3, 0.4) is 0 Å². The minimum Gasteiger partial charge on any atom is -0.462 e. The van der Waals surface area contributed by atoms with Gasteiger partial charge >= 0.3 is 5.97 Å². The lowest BCUT2D eigenvalue weighted by Crippen LogP contribution is -2.63. The van der Waals surface area contributed by atoms with Crippen LogP contribution in [-0.2, 0) is 42.7 Å². The third-order valence-electron chi connectivity index (χ3n) is 13.5. The minimum atomic E-state index is -1.23. The van der Waals surface area contributed by atoms with Gasteiger partial charge in [0.15, 0.2) is 18.4 Å². The number of carbonyl (C=O) groups excluding carboxylic acids is 2. The number of hydrogen-bond donors (Lipinski definition) is 4. The number of carbonyl (C=O) groups is 2. The SMILES string of the molecule is CC[C@H]1OC(=O)C[C@@H](O)[C@H](C)[C@@H](OC2OC(C)C(O)C(N(C)C)C2O)[C@@H](CCN2C[C@@H](C)C[C@H](C)C2)C[C@@H](C)C(=O)C=CC(C)=C[C@@H]1COC1OC(C)C(O)C(OC)C1OC. The van der Waals surface area contributed by atoms with Crippen molar-refractivity contribution in [2.45, 2.75) is 167 Å². The molecule has 0 radical (unpaired) electrons. The van der Waals surface area contributed by atoms with Crippen LogP contribution in [0.4, 0.5) is 0 Å². The Labute approximate surface area is 365 Å². The number of likely N-dealkylation sites (tertiary alicyclic amines) is 1. The molecule has 4 aliphatic heterocycles. The Bertz CT molecular complexity index is 1420. The first-order chi connectivity index (χ1) is 28.8. The fourth-order valence-corrected chi connectivity index (χ4v) is 10.0. The number of rotatable bonds is 12. The zero-order valence-electron chi connectivity index (χ0n) is 38.9. The molecule has 0 aromatic heterocycles. The summed E-state index contributed by atoms with van der Waals surface area (Å²) >= 11 is 0. The van der Waals surface area contributed by atoms with Crippen molar-refractivity contribution < 1.29 is 63.2 Å². The quantitative estimate of drug-likeness (QED) is 0.209. The van der Waals surface area contributed by atoms with Crippen LogP contribution in [0.25, 0.3) is 0 Å². The number of ether oxygens (including phenoxy) is 7. The van der Waals surface area contributed by atoms with Gasteiger partial charge in [0.2, 0.25) is 0 Å². The van der Waals surface area contributed by atoms with E-state index >= 15 is 0 Å². The standard InChI is InChI=1S/C46H80N2O13/c1-13-36-33(24-57-46-44(56-12)43(55-11)40(53)31(8)59-46)19-25(2)14-15-34(49)28(5)20-32(16-17-48-22-26(3)18-27(4)23-48)42(29(6)35(50)21-37(51)60-36)61-45-41(54)38(47(9)10)39(52)30(7)58-45/h14-15,19,26-33,35-36,38-46,50,52-54H,13,16-18,20-24H2,1-12H3/t26-,27-,28+,29-,30?,31?,32-,33+,35+,36+,38?,39?,40?,41?,42+,43?,44?,45?,46?/m0/s1. The van der Waals surface area contributed by atoms with Crippen LogP contribution in [-0.4, -0.2) is 176 Å². The van der Waals surface area contributed by atoms with Crippen molar-refractivity contribution in [2.24, 2.45) is 35.5 Å². The van der Waals surface area contributed by atoms with E-state index in [-0.39, 0.29) is 24.7 Å². The van der Waals surface area contributed by atoms with E-state index in [0.29, 0.717) is 31.1 Å². The lowest BCUT2D eigenvalue weighted by molar-refractivity contribution is -0.304. The number of ketones is 1. The number of piperidine rings is 1. The first-order valence-corrected chi connectivity index (χ1v) is 22.6. The Morgan fingerprint density at radius 1 is 0.820 bits per heavy atom. The number of hydrogen-bond acceptors (Lipinski definition) is 15. The van der Waals surface area contributed by atoms with Gasteiger partial charge in [-0.15, -0.1) is 0 Å². The van der Waals surface area contributed by atoms with Gasteiger partial charge in [-0.05, 0) is 90.9 Å². The summed E-state index contributed by atoms with van der Waals surface area (Å²) in [5.41, 5.74) is 0.761. The highest BCUT2D eigenvalue weighted by molar-refractivity contribution is 5.91. The molecule has 352 valence electrons. The van der Waals surface area contributed by atoms with Crippen molar-refractivity contribution in [3.05, 3.63) is 23.8 Å². The summed E-state index contributed by atoms with van der Waals surface area (Å²) in [5, 5.41) is 45.3. The van der Waals surface area contributed by atoms with Crippen LogP contribution in [0.1, 0.15) is 87.5 Å². The number of esters is 1. The number of methoxy groups -OCH3 is 2. The summed E-state index contributed by atoms with van der Waals surface area (Å²) in [5.74, 6) is -1.46. The molecule has 3 saturated heterocycles. The van der Waals surface area contributed by atoms with Gasteiger partial charge in [0, 0.05) is 45.1 Å². The molecule has 4 rings (SSSR count). The molecular weight excluding hydrogens is 789 g/mol. The van der Waals surface area contributed by atoms with Gasteiger partial charge in [-0.2, -0.15) is 0 Å². The van der Waals surface area contributed by atoms with E-state index in [2.05, 4.69) is 18.7 Å². The first-order valence-electron chi connectivity index (χ1n) is 22.6. The number of aliphatic hydroxyl groups excluding tert-OH is 4. The van der Waals surface area contributed by atoms with E-state index in [1.807, 2.05) is 33.8 Å². The maximum Gasteiger partial charge on any atom is 0.308 e. The van der Waals surface area contributed by atoms with E-state index in [4.69, 9.17) is 33.2 Å². The molecule has 0 spiro atoms. The molecular formula is C46H80N2O13. The van der Waals surface area contributed by atoms with Crippen molar-refractivity contribution in [3.8, 4) is 0 Å². The maximum absolute atomic E-state index is 14.0. The third kappa shape index (κ3) is 13.8. The van der Waals surface area contributed by atoms with Crippen LogP contribution in [0.2, 0.25) is 0 Å². The van der Waals surface area contributed by atoms with Gasteiger partial charge in [0.25, 0.3) is 0 Å². The highest BCUT2D eigenvalue weighted by Gasteiger charge is 2.48. The highest BCUT2D eigenvalue weighted by Crippen LogP contribution is 2.36. The summed E-state index contributed by atoms with van der Waals surface area (Å²) in [6.07, 6.45) is -2.96. The third-order valence-corrected chi connectivity index (χ3v) is 13.5. The molecule has 15 heteroatoms. The second-order valence-corrected chi connectivity index (χ2v) is 18.9. The number of aliphatic hydroxyl groups is 4. The van der Waals surface area contributed by atoms with Gasteiger partial charge in [-0.3, -0.25) is 9.59 Å². The highest BCUT2D eigenvalue weighted by atomic mass is 16.7. The number of likely N-dealkylation sites (N-methyl/N-ethyl adjacent to an activating group) is 1. The first kappa shape index (κ1) is 51.8. The van der Waals surface area contributed by atoms with Gasteiger partial charge < -0.3 is 63.4 Å². The minimum absolute atomic E-state index is 0.0427. The lowest BCUT2D eigenvalue weighted by atomic mass is 9.79. The topological polar surface area (TPSA) is 186 Å². The zero-order chi connectivity index (χ0) is 45.3. The molecule has 0 aromatic carbocycles. The predicted molar refractivity (Wildman–Crippen MR) is 229 cm³/mol. The molecule has 61 heavy (non-hydrogen) atoms. The van der Waals surface area contributed by atoms with E-state index < -0.39 is 103 Å². The number of nitrogens with zero attached hydrogens (tertiary/aromatic N) is 2. The summed E-state index contributed by atoms with van der Waals surface area (Å²) in [4.78, 5) is 32.1. The number of cyclic esters (lactones) is 1. The number of allylic oxidation sites excluding steroid dienone is 3. The van der Waals surface area contributed by atoms with Crippen LogP contribution in [0, 0.1) is 35.5 Å². The van der Waals surface area contributed by atoms with Crippen LogP contribution >= 0.6 is 0 Å².